The lowest BCUT2D eigenvalue weighted by molar-refractivity contribution is -0.114. The summed E-state index contributed by atoms with van der Waals surface area (Å²) in [7, 11) is 2.99. The largest absolute Gasteiger partial charge is 0.493 e. The molecule has 1 aliphatic carbocycles. The molecular formula is C25H30N2O7. The zero-order valence-corrected chi connectivity index (χ0v) is 19.3. The monoisotopic (exact) mass is 470 g/mol. The Morgan fingerprint density at radius 1 is 0.941 bits per heavy atom. The number of ether oxygens (including phenoxy) is 3. The van der Waals surface area contributed by atoms with Gasteiger partial charge in [0.2, 0.25) is 12.8 Å². The number of methoxy groups -OCH3 is 2. The summed E-state index contributed by atoms with van der Waals surface area (Å²) < 4.78 is 15.9. The Morgan fingerprint density at radius 2 is 1.56 bits per heavy atom. The molecule has 2 amide bonds. The summed E-state index contributed by atoms with van der Waals surface area (Å²) in [4.78, 5) is 35.0. The van der Waals surface area contributed by atoms with Crippen molar-refractivity contribution in [3.8, 4) is 17.2 Å². The van der Waals surface area contributed by atoms with E-state index < -0.39 is 23.7 Å². The van der Waals surface area contributed by atoms with Gasteiger partial charge in [-0.3, -0.25) is 9.59 Å². The third-order valence-corrected chi connectivity index (χ3v) is 6.20. The molecule has 9 nitrogen and oxygen atoms in total. The van der Waals surface area contributed by atoms with Crippen molar-refractivity contribution < 1.29 is 33.7 Å². The van der Waals surface area contributed by atoms with E-state index in [1.807, 2.05) is 0 Å². The third-order valence-electron chi connectivity index (χ3n) is 6.20. The van der Waals surface area contributed by atoms with Crippen LogP contribution < -0.4 is 24.8 Å². The molecule has 0 bridgehead atoms. The number of esters is 1. The molecule has 9 heteroatoms. The second kappa shape index (κ2) is 11.5. The maximum atomic E-state index is 12.6. The summed E-state index contributed by atoms with van der Waals surface area (Å²) >= 11 is 0. The molecule has 0 radical (unpaired) electrons. The highest BCUT2D eigenvalue weighted by Crippen LogP contribution is 2.41. The molecular weight excluding hydrogens is 440 g/mol. The van der Waals surface area contributed by atoms with Gasteiger partial charge in [-0.2, -0.15) is 0 Å². The molecule has 2 aromatic carbocycles. The normalized spacial score (nSPS) is 15.6. The number of carbonyl (C=O) groups excluding carboxylic acids is 3. The van der Waals surface area contributed by atoms with Crippen LogP contribution in [0.15, 0.2) is 42.5 Å². The number of aliphatic hydroxyl groups is 1. The number of benzene rings is 2. The topological polar surface area (TPSA) is 123 Å². The molecule has 0 aliphatic heterocycles. The number of amides is 2. The third kappa shape index (κ3) is 5.66. The standard InChI is InChI=1S/C25H30N2O7/c1-32-20-11-8-18(14-21(20)33-2)24(30)34-19-9-6-17(7-10-19)22(23(26-15-28)27-16-29)25(31)12-4-3-5-13-25/h6-11,14-16,22-23,31H,3-5,12-13H2,1-2H3,(H,26,28)(H,27,29). The molecule has 0 saturated heterocycles. The fraction of sp³-hybridized carbons (Fsp3) is 0.400. The Bertz CT molecular complexity index is 977. The summed E-state index contributed by atoms with van der Waals surface area (Å²) in [6.45, 7) is 0. The van der Waals surface area contributed by atoms with Gasteiger partial charge in [0.25, 0.3) is 0 Å². The molecule has 1 fully saturated rings. The zero-order chi connectivity index (χ0) is 24.6. The lowest BCUT2D eigenvalue weighted by atomic mass is 9.71. The quantitative estimate of drug-likeness (QED) is 0.200. The molecule has 1 unspecified atom stereocenters. The second-order valence-electron chi connectivity index (χ2n) is 8.22. The van der Waals surface area contributed by atoms with Crippen molar-refractivity contribution in [2.24, 2.45) is 0 Å². The van der Waals surface area contributed by atoms with Crippen LogP contribution in [-0.4, -0.2) is 49.9 Å². The molecule has 1 saturated carbocycles. The summed E-state index contributed by atoms with van der Waals surface area (Å²) in [6, 6.07) is 11.4. The van der Waals surface area contributed by atoms with Gasteiger partial charge in [0.05, 0.1) is 31.3 Å². The summed E-state index contributed by atoms with van der Waals surface area (Å²) in [5.74, 6) is 0.0593. The van der Waals surface area contributed by atoms with Gasteiger partial charge in [-0.15, -0.1) is 0 Å². The highest BCUT2D eigenvalue weighted by Gasteiger charge is 2.43. The number of nitrogens with one attached hydrogen (secondary N) is 2. The van der Waals surface area contributed by atoms with Crippen molar-refractivity contribution in [3.63, 3.8) is 0 Å². The minimum atomic E-state index is -1.10. The number of carbonyl (C=O) groups is 3. The maximum Gasteiger partial charge on any atom is 0.343 e. The SMILES string of the molecule is COc1ccc(C(=O)Oc2ccc(C(C(NC=O)NC=O)C3(O)CCCCC3)cc2)cc1OC. The smallest absolute Gasteiger partial charge is 0.343 e. The Kier molecular flexibility index (Phi) is 8.48. The minimum absolute atomic E-state index is 0.293. The Morgan fingerprint density at radius 3 is 2.12 bits per heavy atom. The van der Waals surface area contributed by atoms with Crippen molar-refractivity contribution in [2.45, 2.75) is 49.8 Å². The number of hydrogen-bond donors (Lipinski definition) is 3. The van der Waals surface area contributed by atoms with E-state index in [1.165, 1.54) is 20.3 Å². The first-order valence-electron chi connectivity index (χ1n) is 11.1. The first kappa shape index (κ1) is 25.0. The molecule has 3 rings (SSSR count). The maximum absolute atomic E-state index is 12.6. The lowest BCUT2D eigenvalue weighted by Gasteiger charge is -2.43. The summed E-state index contributed by atoms with van der Waals surface area (Å²) in [5.41, 5.74) is -0.113. The van der Waals surface area contributed by atoms with Gasteiger partial charge in [0, 0.05) is 0 Å². The first-order chi connectivity index (χ1) is 16.5. The summed E-state index contributed by atoms with van der Waals surface area (Å²) in [6.07, 6.45) is 4.02. The molecule has 182 valence electrons. The van der Waals surface area contributed by atoms with E-state index in [0.29, 0.717) is 54.0 Å². The predicted octanol–water partition coefficient (Wildman–Crippen LogP) is 2.52. The molecule has 0 spiro atoms. The lowest BCUT2D eigenvalue weighted by Crippen LogP contribution is -2.54. The molecule has 3 N–H and O–H groups in total. The van der Waals surface area contributed by atoms with Gasteiger partial charge in [-0.05, 0) is 48.7 Å². The van der Waals surface area contributed by atoms with Crippen LogP contribution in [0.25, 0.3) is 0 Å². The minimum Gasteiger partial charge on any atom is -0.493 e. The van der Waals surface area contributed by atoms with Crippen molar-refractivity contribution in [1.29, 1.82) is 0 Å². The number of rotatable bonds is 11. The van der Waals surface area contributed by atoms with Crippen LogP contribution in [0.3, 0.4) is 0 Å². The van der Waals surface area contributed by atoms with E-state index in [-0.39, 0.29) is 0 Å². The van der Waals surface area contributed by atoms with Crippen LogP contribution in [0, 0.1) is 0 Å². The van der Waals surface area contributed by atoms with Crippen molar-refractivity contribution in [3.05, 3.63) is 53.6 Å². The molecule has 2 aromatic rings. The highest BCUT2D eigenvalue weighted by molar-refractivity contribution is 5.91. The van der Waals surface area contributed by atoms with Crippen LogP contribution in [0.5, 0.6) is 17.2 Å². The van der Waals surface area contributed by atoms with Crippen LogP contribution >= 0.6 is 0 Å². The molecule has 0 heterocycles. The van der Waals surface area contributed by atoms with Gasteiger partial charge in [0.15, 0.2) is 11.5 Å². The fourth-order valence-corrected chi connectivity index (χ4v) is 4.55. The van der Waals surface area contributed by atoms with Crippen molar-refractivity contribution >= 4 is 18.8 Å². The van der Waals surface area contributed by atoms with Crippen molar-refractivity contribution in [2.75, 3.05) is 14.2 Å². The Balaban J connectivity index is 1.83. The van der Waals surface area contributed by atoms with Crippen LogP contribution in [0.1, 0.15) is 53.9 Å². The Labute approximate surface area is 198 Å². The fourth-order valence-electron chi connectivity index (χ4n) is 4.55. The van der Waals surface area contributed by atoms with E-state index in [2.05, 4.69) is 10.6 Å². The van der Waals surface area contributed by atoms with Gasteiger partial charge >= 0.3 is 5.97 Å². The average molecular weight is 471 g/mol. The van der Waals surface area contributed by atoms with Gasteiger partial charge < -0.3 is 30.0 Å². The molecule has 34 heavy (non-hydrogen) atoms. The first-order valence-corrected chi connectivity index (χ1v) is 11.1. The second-order valence-corrected chi connectivity index (χ2v) is 8.22. The van der Waals surface area contributed by atoms with Crippen LogP contribution in [0.4, 0.5) is 0 Å². The number of hydrogen-bond acceptors (Lipinski definition) is 7. The van der Waals surface area contributed by atoms with E-state index in [1.54, 1.807) is 36.4 Å². The molecule has 0 aromatic heterocycles. The average Bonchev–Trinajstić information content (AvgIpc) is 2.85. The predicted molar refractivity (Wildman–Crippen MR) is 124 cm³/mol. The van der Waals surface area contributed by atoms with Gasteiger partial charge in [0.1, 0.15) is 11.9 Å². The van der Waals surface area contributed by atoms with E-state index in [4.69, 9.17) is 14.2 Å². The van der Waals surface area contributed by atoms with Crippen LogP contribution in [0.2, 0.25) is 0 Å². The van der Waals surface area contributed by atoms with E-state index >= 15 is 0 Å². The summed E-state index contributed by atoms with van der Waals surface area (Å²) in [5, 5.41) is 16.6. The molecule has 1 aliphatic rings. The molecule has 1 atom stereocenters. The van der Waals surface area contributed by atoms with E-state index in [0.717, 1.165) is 19.3 Å². The zero-order valence-electron chi connectivity index (χ0n) is 19.3. The highest BCUT2D eigenvalue weighted by atomic mass is 16.5. The van der Waals surface area contributed by atoms with E-state index in [9.17, 15) is 19.5 Å². The van der Waals surface area contributed by atoms with Gasteiger partial charge in [-0.25, -0.2) is 4.79 Å². The Hall–Kier alpha value is -3.59. The van der Waals surface area contributed by atoms with Crippen LogP contribution in [-0.2, 0) is 9.59 Å². The van der Waals surface area contributed by atoms with Gasteiger partial charge in [-0.1, -0.05) is 31.4 Å². The van der Waals surface area contributed by atoms with Crippen molar-refractivity contribution in [1.82, 2.24) is 10.6 Å².